The van der Waals surface area contributed by atoms with Gasteiger partial charge in [-0.25, -0.2) is 0 Å². The summed E-state index contributed by atoms with van der Waals surface area (Å²) in [6, 6.07) is 12.0. The maximum Gasteiger partial charge on any atom is 0.295 e. The van der Waals surface area contributed by atoms with Gasteiger partial charge in [0.1, 0.15) is 19.0 Å². The number of rotatable bonds is 5. The van der Waals surface area contributed by atoms with E-state index in [9.17, 15) is 14.7 Å². The SMILES string of the molecule is COCCN1C(=O)C(=O)/C(=C(\O)c2c[nH]c3ccccc23)C1c1ccc2c(c1)OCCO2. The highest BCUT2D eigenvalue weighted by atomic mass is 16.6. The highest BCUT2D eigenvalue weighted by molar-refractivity contribution is 6.46. The second-order valence-electron chi connectivity index (χ2n) is 7.64. The Morgan fingerprint density at radius 2 is 1.94 bits per heavy atom. The average molecular weight is 434 g/mol. The fourth-order valence-electron chi connectivity index (χ4n) is 4.29. The monoisotopic (exact) mass is 434 g/mol. The van der Waals surface area contributed by atoms with Crippen molar-refractivity contribution in [2.75, 3.05) is 33.5 Å². The lowest BCUT2D eigenvalue weighted by Crippen LogP contribution is -2.32. The predicted molar refractivity (Wildman–Crippen MR) is 117 cm³/mol. The minimum absolute atomic E-state index is 0.0348. The van der Waals surface area contributed by atoms with Crippen molar-refractivity contribution < 1.29 is 28.9 Å². The Hall–Kier alpha value is -3.78. The number of hydrogen-bond donors (Lipinski definition) is 2. The van der Waals surface area contributed by atoms with E-state index in [1.807, 2.05) is 24.3 Å². The summed E-state index contributed by atoms with van der Waals surface area (Å²) in [5.74, 6) is -0.489. The van der Waals surface area contributed by atoms with E-state index in [0.717, 1.165) is 10.9 Å². The number of carbonyl (C=O) groups is 2. The first-order valence-electron chi connectivity index (χ1n) is 10.3. The molecule has 1 amide bonds. The molecule has 2 N–H and O–H groups in total. The summed E-state index contributed by atoms with van der Waals surface area (Å²) in [7, 11) is 1.53. The Labute approximate surface area is 184 Å². The predicted octanol–water partition coefficient (Wildman–Crippen LogP) is 3.01. The third-order valence-electron chi connectivity index (χ3n) is 5.80. The van der Waals surface area contributed by atoms with Crippen LogP contribution < -0.4 is 9.47 Å². The number of benzene rings is 2. The Bertz CT molecular complexity index is 1240. The minimum atomic E-state index is -0.783. The Morgan fingerprint density at radius 1 is 1.16 bits per heavy atom. The van der Waals surface area contributed by atoms with Gasteiger partial charge in [0, 0.05) is 36.3 Å². The van der Waals surface area contributed by atoms with Crippen LogP contribution in [0.4, 0.5) is 0 Å². The molecule has 32 heavy (non-hydrogen) atoms. The van der Waals surface area contributed by atoms with Crippen molar-refractivity contribution in [3.63, 3.8) is 0 Å². The molecule has 5 rings (SSSR count). The molecule has 1 saturated heterocycles. The second-order valence-corrected chi connectivity index (χ2v) is 7.64. The highest BCUT2D eigenvalue weighted by Gasteiger charge is 2.46. The molecular weight excluding hydrogens is 412 g/mol. The number of ketones is 1. The van der Waals surface area contributed by atoms with Gasteiger partial charge < -0.3 is 29.2 Å². The number of aliphatic hydroxyl groups excluding tert-OH is 1. The number of amides is 1. The molecule has 2 aliphatic heterocycles. The van der Waals surface area contributed by atoms with Gasteiger partial charge >= 0.3 is 0 Å². The van der Waals surface area contributed by atoms with Gasteiger partial charge in [-0.15, -0.1) is 0 Å². The number of fused-ring (bicyclic) bond motifs is 2. The number of para-hydroxylation sites is 1. The highest BCUT2D eigenvalue weighted by Crippen LogP contribution is 2.43. The molecule has 2 aromatic carbocycles. The van der Waals surface area contributed by atoms with Gasteiger partial charge in [0.25, 0.3) is 11.7 Å². The fraction of sp³-hybridized carbons (Fsp3) is 0.250. The van der Waals surface area contributed by atoms with Crippen LogP contribution >= 0.6 is 0 Å². The smallest absolute Gasteiger partial charge is 0.295 e. The topological polar surface area (TPSA) is 101 Å². The van der Waals surface area contributed by atoms with Crippen LogP contribution in [0.15, 0.2) is 54.2 Å². The van der Waals surface area contributed by atoms with Crippen LogP contribution in [0.1, 0.15) is 17.2 Å². The van der Waals surface area contributed by atoms with Gasteiger partial charge in [0.2, 0.25) is 0 Å². The Kier molecular flexibility index (Phi) is 5.07. The van der Waals surface area contributed by atoms with E-state index < -0.39 is 17.7 Å². The molecule has 1 atom stereocenters. The molecule has 0 radical (unpaired) electrons. The summed E-state index contributed by atoms with van der Waals surface area (Å²) in [5.41, 5.74) is 1.96. The quantitative estimate of drug-likeness (QED) is 0.364. The van der Waals surface area contributed by atoms with E-state index >= 15 is 0 Å². The van der Waals surface area contributed by atoms with E-state index in [1.165, 1.54) is 12.0 Å². The number of carbonyl (C=O) groups excluding carboxylic acids is 2. The van der Waals surface area contributed by atoms with Gasteiger partial charge in [0.15, 0.2) is 11.5 Å². The zero-order valence-corrected chi connectivity index (χ0v) is 17.5. The zero-order valence-electron chi connectivity index (χ0n) is 17.5. The molecule has 2 aliphatic rings. The van der Waals surface area contributed by atoms with Crippen LogP contribution in [0.2, 0.25) is 0 Å². The first kappa shape index (κ1) is 20.1. The Morgan fingerprint density at radius 3 is 2.75 bits per heavy atom. The number of likely N-dealkylation sites (tertiary alicyclic amines) is 1. The first-order chi connectivity index (χ1) is 15.6. The molecule has 3 heterocycles. The molecule has 1 aromatic heterocycles. The van der Waals surface area contributed by atoms with Gasteiger partial charge in [-0.1, -0.05) is 24.3 Å². The molecule has 1 fully saturated rings. The molecule has 0 aliphatic carbocycles. The molecule has 0 bridgehead atoms. The largest absolute Gasteiger partial charge is 0.507 e. The third-order valence-corrected chi connectivity index (χ3v) is 5.80. The van der Waals surface area contributed by atoms with Crippen LogP contribution in [0.5, 0.6) is 11.5 Å². The van der Waals surface area contributed by atoms with Crippen molar-refractivity contribution in [3.8, 4) is 11.5 Å². The summed E-state index contributed by atoms with van der Waals surface area (Å²) in [4.78, 5) is 30.6. The van der Waals surface area contributed by atoms with E-state index in [4.69, 9.17) is 14.2 Å². The minimum Gasteiger partial charge on any atom is -0.507 e. The number of nitrogens with one attached hydrogen (secondary N) is 1. The van der Waals surface area contributed by atoms with E-state index in [1.54, 1.807) is 24.4 Å². The number of methoxy groups -OCH3 is 1. The van der Waals surface area contributed by atoms with Gasteiger partial charge in [-0.3, -0.25) is 9.59 Å². The second kappa shape index (κ2) is 8.05. The van der Waals surface area contributed by atoms with Crippen LogP contribution in [-0.2, 0) is 14.3 Å². The lowest BCUT2D eigenvalue weighted by molar-refractivity contribution is -0.140. The molecular formula is C24H22N2O6. The van der Waals surface area contributed by atoms with Crippen LogP contribution in [0.25, 0.3) is 16.7 Å². The number of Topliss-reactive ketones (excluding diaryl/α,β-unsaturated/α-hetero) is 1. The van der Waals surface area contributed by atoms with Crippen molar-refractivity contribution >= 4 is 28.4 Å². The number of aromatic nitrogens is 1. The maximum atomic E-state index is 13.1. The van der Waals surface area contributed by atoms with Crippen LogP contribution in [0, 0.1) is 0 Å². The Balaban J connectivity index is 1.68. The van der Waals surface area contributed by atoms with Crippen molar-refractivity contribution in [3.05, 3.63) is 65.4 Å². The first-order valence-corrected chi connectivity index (χ1v) is 10.3. The van der Waals surface area contributed by atoms with Crippen molar-refractivity contribution in [1.82, 2.24) is 9.88 Å². The molecule has 3 aromatic rings. The van der Waals surface area contributed by atoms with Gasteiger partial charge in [0.05, 0.1) is 18.2 Å². The summed E-state index contributed by atoms with van der Waals surface area (Å²) < 4.78 is 16.5. The maximum absolute atomic E-state index is 13.1. The van der Waals surface area contributed by atoms with E-state index in [-0.39, 0.29) is 24.5 Å². The number of ether oxygens (including phenoxy) is 3. The lowest BCUT2D eigenvalue weighted by Gasteiger charge is -2.26. The number of aliphatic hydroxyl groups is 1. The number of hydrogen-bond acceptors (Lipinski definition) is 6. The van der Waals surface area contributed by atoms with Crippen LogP contribution in [0.3, 0.4) is 0 Å². The van der Waals surface area contributed by atoms with Gasteiger partial charge in [-0.05, 0) is 23.8 Å². The van der Waals surface area contributed by atoms with Crippen LogP contribution in [-0.4, -0.2) is 60.2 Å². The van der Waals surface area contributed by atoms with Crippen molar-refractivity contribution in [2.24, 2.45) is 0 Å². The summed E-state index contributed by atoms with van der Waals surface area (Å²) in [6.07, 6.45) is 1.64. The summed E-state index contributed by atoms with van der Waals surface area (Å²) >= 11 is 0. The molecule has 8 heteroatoms. The lowest BCUT2D eigenvalue weighted by atomic mass is 9.94. The zero-order chi connectivity index (χ0) is 22.2. The number of aromatic amines is 1. The standard InChI is InChI=1S/C24H22N2O6/c1-30-9-8-26-21(14-6-7-18-19(12-14)32-11-10-31-18)20(23(28)24(26)29)22(27)16-13-25-17-5-3-2-4-15(16)17/h2-7,12-13,21,25,27H,8-11H2,1H3/b22-20-. The van der Waals surface area contributed by atoms with E-state index in [0.29, 0.717) is 35.8 Å². The molecule has 164 valence electrons. The van der Waals surface area contributed by atoms with E-state index in [2.05, 4.69) is 4.98 Å². The molecule has 8 nitrogen and oxygen atoms in total. The third kappa shape index (κ3) is 3.20. The number of nitrogens with zero attached hydrogens (tertiary/aromatic N) is 1. The normalized spacial score (nSPS) is 19.7. The molecule has 0 spiro atoms. The van der Waals surface area contributed by atoms with Gasteiger partial charge in [-0.2, -0.15) is 0 Å². The summed E-state index contributed by atoms with van der Waals surface area (Å²) in [6.45, 7) is 1.32. The molecule has 0 saturated carbocycles. The fourth-order valence-corrected chi connectivity index (χ4v) is 4.29. The van der Waals surface area contributed by atoms with Crippen molar-refractivity contribution in [2.45, 2.75) is 6.04 Å². The number of H-pyrrole nitrogens is 1. The van der Waals surface area contributed by atoms with Crippen molar-refractivity contribution in [1.29, 1.82) is 0 Å². The summed E-state index contributed by atoms with van der Waals surface area (Å²) in [5, 5.41) is 12.0. The molecule has 1 unspecified atom stereocenters. The average Bonchev–Trinajstić information content (AvgIpc) is 3.36.